The van der Waals surface area contributed by atoms with Crippen LogP contribution in [-0.4, -0.2) is 18.0 Å². The van der Waals surface area contributed by atoms with Crippen molar-refractivity contribution in [1.82, 2.24) is 0 Å². The predicted molar refractivity (Wildman–Crippen MR) is 58.8 cm³/mol. The largest absolute Gasteiger partial charge is 0.372 e. The number of piperidine rings is 1. The molecule has 0 unspecified atom stereocenters. The minimum atomic E-state index is -0.367. The van der Waals surface area contributed by atoms with Gasteiger partial charge in [-0.05, 0) is 31.4 Å². The maximum Gasteiger partial charge on any atom is 0.269 e. The summed E-state index contributed by atoms with van der Waals surface area (Å²) >= 11 is 0. The summed E-state index contributed by atoms with van der Waals surface area (Å²) in [6.07, 6.45) is 4.47. The highest BCUT2D eigenvalue weighted by atomic mass is 16.6. The van der Waals surface area contributed by atoms with E-state index in [-0.39, 0.29) is 10.6 Å². The number of nitro groups is 1. The Bertz CT molecular complexity index is 342. The van der Waals surface area contributed by atoms with Crippen molar-refractivity contribution in [3.63, 3.8) is 0 Å². The van der Waals surface area contributed by atoms with Crippen LogP contribution in [0.2, 0.25) is 0 Å². The minimum absolute atomic E-state index is 0.155. The molecule has 4 nitrogen and oxygen atoms in total. The fourth-order valence-electron chi connectivity index (χ4n) is 1.79. The van der Waals surface area contributed by atoms with Gasteiger partial charge in [0.1, 0.15) is 0 Å². The van der Waals surface area contributed by atoms with Gasteiger partial charge in [-0.1, -0.05) is 0 Å². The Morgan fingerprint density at radius 3 is 2.27 bits per heavy atom. The van der Waals surface area contributed by atoms with Crippen LogP contribution in [0.1, 0.15) is 12.8 Å². The molecule has 2 rings (SSSR count). The van der Waals surface area contributed by atoms with Crippen LogP contribution in [0.5, 0.6) is 0 Å². The zero-order valence-electron chi connectivity index (χ0n) is 8.43. The van der Waals surface area contributed by atoms with E-state index in [9.17, 15) is 10.1 Å². The minimum Gasteiger partial charge on any atom is -0.372 e. The van der Waals surface area contributed by atoms with Crippen molar-refractivity contribution in [2.45, 2.75) is 12.8 Å². The van der Waals surface area contributed by atoms with Crippen LogP contribution >= 0.6 is 0 Å². The van der Waals surface area contributed by atoms with E-state index < -0.39 is 0 Å². The lowest BCUT2D eigenvalue weighted by molar-refractivity contribution is -0.384. The van der Waals surface area contributed by atoms with Crippen molar-refractivity contribution in [1.29, 1.82) is 0 Å². The van der Waals surface area contributed by atoms with Crippen LogP contribution in [0.3, 0.4) is 0 Å². The summed E-state index contributed by atoms with van der Waals surface area (Å²) in [5, 5.41) is 10.5. The molecule has 1 fully saturated rings. The summed E-state index contributed by atoms with van der Waals surface area (Å²) in [6.45, 7) is 2.02. The van der Waals surface area contributed by atoms with Crippen LogP contribution in [0.4, 0.5) is 11.4 Å². The summed E-state index contributed by atoms with van der Waals surface area (Å²) in [4.78, 5) is 12.4. The molecule has 0 amide bonds. The van der Waals surface area contributed by atoms with Crippen molar-refractivity contribution in [3.8, 4) is 0 Å². The van der Waals surface area contributed by atoms with E-state index in [2.05, 4.69) is 11.3 Å². The monoisotopic (exact) mass is 205 g/mol. The lowest BCUT2D eigenvalue weighted by Gasteiger charge is -2.28. The first-order valence-corrected chi connectivity index (χ1v) is 5.08. The SMILES string of the molecule is O=[N+]([O-])c1ccc(N2CC[CH]CC2)cc1. The number of nitro benzene ring substituents is 1. The number of rotatable bonds is 2. The molecule has 4 heteroatoms. The number of hydrogen-bond donors (Lipinski definition) is 0. The van der Waals surface area contributed by atoms with Gasteiger partial charge in [-0.25, -0.2) is 0 Å². The van der Waals surface area contributed by atoms with Crippen LogP contribution in [0.15, 0.2) is 24.3 Å². The van der Waals surface area contributed by atoms with E-state index in [0.717, 1.165) is 31.6 Å². The highest BCUT2D eigenvalue weighted by Crippen LogP contribution is 2.22. The first kappa shape index (κ1) is 9.96. The second-order valence-corrected chi connectivity index (χ2v) is 3.63. The van der Waals surface area contributed by atoms with Crippen molar-refractivity contribution in [2.75, 3.05) is 18.0 Å². The van der Waals surface area contributed by atoms with Crippen LogP contribution in [0, 0.1) is 16.5 Å². The van der Waals surface area contributed by atoms with Crippen molar-refractivity contribution < 1.29 is 4.92 Å². The van der Waals surface area contributed by atoms with Crippen LogP contribution in [0.25, 0.3) is 0 Å². The van der Waals surface area contributed by atoms with Gasteiger partial charge in [0.05, 0.1) is 4.92 Å². The molecule has 1 aliphatic rings. The Hall–Kier alpha value is -1.58. The molecule has 1 aromatic carbocycles. The number of anilines is 1. The van der Waals surface area contributed by atoms with E-state index in [0.29, 0.717) is 0 Å². The Labute approximate surface area is 88.7 Å². The Balaban J connectivity index is 2.11. The molecule has 0 aromatic heterocycles. The van der Waals surface area contributed by atoms with Crippen LogP contribution in [-0.2, 0) is 0 Å². The molecule has 1 aliphatic heterocycles. The number of hydrogen-bond acceptors (Lipinski definition) is 3. The average Bonchev–Trinajstić information content (AvgIpc) is 2.30. The maximum absolute atomic E-state index is 10.5. The van der Waals surface area contributed by atoms with Gasteiger partial charge in [-0.15, -0.1) is 0 Å². The van der Waals surface area contributed by atoms with Crippen molar-refractivity contribution >= 4 is 11.4 Å². The van der Waals surface area contributed by atoms with E-state index in [1.807, 2.05) is 12.1 Å². The first-order valence-electron chi connectivity index (χ1n) is 5.08. The van der Waals surface area contributed by atoms with Gasteiger partial charge >= 0.3 is 0 Å². The molecule has 0 spiro atoms. The molecule has 15 heavy (non-hydrogen) atoms. The summed E-state index contributed by atoms with van der Waals surface area (Å²) in [6, 6.07) is 6.77. The van der Waals surface area contributed by atoms with Gasteiger partial charge in [0.2, 0.25) is 0 Å². The highest BCUT2D eigenvalue weighted by molar-refractivity contribution is 5.51. The molecule has 0 atom stereocenters. The fourth-order valence-corrected chi connectivity index (χ4v) is 1.79. The van der Waals surface area contributed by atoms with E-state index in [1.54, 1.807) is 12.1 Å². The molecular formula is C11H13N2O2. The van der Waals surface area contributed by atoms with Gasteiger partial charge < -0.3 is 4.90 Å². The number of nitrogens with zero attached hydrogens (tertiary/aromatic N) is 2. The molecule has 1 heterocycles. The predicted octanol–water partition coefficient (Wildman–Crippen LogP) is 2.40. The third kappa shape index (κ3) is 2.26. The molecule has 0 saturated carbocycles. The maximum atomic E-state index is 10.5. The smallest absolute Gasteiger partial charge is 0.269 e. The summed E-state index contributed by atoms with van der Waals surface area (Å²) in [5.41, 5.74) is 1.23. The standard InChI is InChI=1S/C11H13N2O2/c14-13(15)11-6-4-10(5-7-11)12-8-2-1-3-9-12/h1,4-7H,2-3,8-9H2. The van der Waals surface area contributed by atoms with Crippen molar-refractivity contribution in [3.05, 3.63) is 40.8 Å². The molecule has 0 aliphatic carbocycles. The second kappa shape index (κ2) is 4.29. The summed E-state index contributed by atoms with van der Waals surface area (Å²) in [5.74, 6) is 0. The summed E-state index contributed by atoms with van der Waals surface area (Å²) < 4.78 is 0. The number of non-ortho nitro benzene ring substituents is 1. The van der Waals surface area contributed by atoms with Gasteiger partial charge in [-0.2, -0.15) is 0 Å². The Kier molecular flexibility index (Phi) is 2.85. The normalized spacial score (nSPS) is 16.4. The van der Waals surface area contributed by atoms with Crippen LogP contribution < -0.4 is 4.90 Å². The van der Waals surface area contributed by atoms with E-state index in [4.69, 9.17) is 0 Å². The quantitative estimate of drug-likeness (QED) is 0.550. The third-order valence-electron chi connectivity index (χ3n) is 2.63. The Morgan fingerprint density at radius 1 is 1.13 bits per heavy atom. The molecule has 1 radical (unpaired) electrons. The number of benzene rings is 1. The topological polar surface area (TPSA) is 46.4 Å². The third-order valence-corrected chi connectivity index (χ3v) is 2.63. The lowest BCUT2D eigenvalue weighted by atomic mass is 10.1. The van der Waals surface area contributed by atoms with E-state index in [1.165, 1.54) is 0 Å². The molecule has 0 N–H and O–H groups in total. The van der Waals surface area contributed by atoms with Gasteiger partial charge in [0, 0.05) is 30.9 Å². The fraction of sp³-hybridized carbons (Fsp3) is 0.364. The lowest BCUT2D eigenvalue weighted by Crippen LogP contribution is -2.29. The summed E-state index contributed by atoms with van der Waals surface area (Å²) in [7, 11) is 0. The van der Waals surface area contributed by atoms with Gasteiger partial charge in [0.15, 0.2) is 0 Å². The van der Waals surface area contributed by atoms with E-state index >= 15 is 0 Å². The molecular weight excluding hydrogens is 192 g/mol. The van der Waals surface area contributed by atoms with Gasteiger partial charge in [-0.3, -0.25) is 10.1 Å². The Morgan fingerprint density at radius 2 is 1.73 bits per heavy atom. The highest BCUT2D eigenvalue weighted by Gasteiger charge is 2.12. The van der Waals surface area contributed by atoms with Crippen molar-refractivity contribution in [2.24, 2.45) is 0 Å². The average molecular weight is 205 g/mol. The molecule has 79 valence electrons. The molecule has 1 saturated heterocycles. The zero-order valence-corrected chi connectivity index (χ0v) is 8.43. The van der Waals surface area contributed by atoms with Gasteiger partial charge in [0.25, 0.3) is 5.69 Å². The second-order valence-electron chi connectivity index (χ2n) is 3.63. The molecule has 0 bridgehead atoms. The molecule has 1 aromatic rings. The first-order chi connectivity index (χ1) is 7.27. The zero-order chi connectivity index (χ0) is 10.7.